The molecule has 2 radical (unpaired) electrons. The molecule has 4 heteroatoms. The van der Waals surface area contributed by atoms with E-state index in [2.05, 4.69) is 28.9 Å². The predicted molar refractivity (Wildman–Crippen MR) is 65.0 cm³/mol. The first-order valence-electron chi connectivity index (χ1n) is 5.56. The molecule has 0 N–H and O–H groups in total. The molecule has 0 aromatic rings. The van der Waals surface area contributed by atoms with Gasteiger partial charge in [-0.05, 0) is 26.2 Å². The Morgan fingerprint density at radius 1 is 1.00 bits per heavy atom. The van der Waals surface area contributed by atoms with E-state index in [1.165, 1.54) is 0 Å². The van der Waals surface area contributed by atoms with Gasteiger partial charge in [0.25, 0.3) is 0 Å². The minimum Gasteiger partial charge on any atom is -0.382 e. The summed E-state index contributed by atoms with van der Waals surface area (Å²) in [4.78, 5) is 0. The van der Waals surface area contributed by atoms with Gasteiger partial charge in [0.05, 0.1) is 0 Å². The van der Waals surface area contributed by atoms with Crippen LogP contribution in [0, 0.1) is 5.92 Å². The Hall–Kier alpha value is -0.0851. The molecule has 0 saturated carbocycles. The second-order valence-electron chi connectivity index (χ2n) is 3.25. The molecule has 0 amide bonds. The lowest BCUT2D eigenvalue weighted by molar-refractivity contribution is 0.122. The lowest BCUT2D eigenvalue weighted by Gasteiger charge is -2.01. The highest BCUT2D eigenvalue weighted by atomic mass is 19.1. The van der Waals surface area contributed by atoms with E-state index < -0.39 is 0 Å². The number of hydrogen-bond donors (Lipinski definition) is 0. The molecule has 0 heterocycles. The van der Waals surface area contributed by atoms with E-state index in [4.69, 9.17) is 13.8 Å². The largest absolute Gasteiger partial charge is 0.382 e. The lowest BCUT2D eigenvalue weighted by Crippen LogP contribution is -2.00. The van der Waals surface area contributed by atoms with E-state index in [9.17, 15) is 0 Å². The monoisotopic (exact) mass is 220 g/mol. The van der Waals surface area contributed by atoms with Gasteiger partial charge in [-0.2, -0.15) is 0 Å². The SMILES string of the molecule is CCCOCC.CCOCC(C)C.[B]F. The van der Waals surface area contributed by atoms with Crippen molar-refractivity contribution in [2.24, 2.45) is 5.92 Å². The van der Waals surface area contributed by atoms with Crippen molar-refractivity contribution in [2.45, 2.75) is 41.0 Å². The molecule has 0 aliphatic carbocycles. The van der Waals surface area contributed by atoms with Crippen LogP contribution in [0.25, 0.3) is 0 Å². The molecule has 0 bridgehead atoms. The molecule has 0 fully saturated rings. The molecule has 15 heavy (non-hydrogen) atoms. The van der Waals surface area contributed by atoms with Gasteiger partial charge in [-0.1, -0.05) is 20.8 Å². The molecule has 0 atom stereocenters. The van der Waals surface area contributed by atoms with Crippen LogP contribution in [-0.2, 0) is 9.47 Å². The van der Waals surface area contributed by atoms with Gasteiger partial charge in [0, 0.05) is 26.4 Å². The Kier molecular flexibility index (Phi) is 32.0. The first kappa shape index (κ1) is 20.3. The Morgan fingerprint density at radius 3 is 1.60 bits per heavy atom. The van der Waals surface area contributed by atoms with Gasteiger partial charge in [-0.3, -0.25) is 0 Å². The number of hydrogen-bond acceptors (Lipinski definition) is 2. The molecule has 0 saturated heterocycles. The minimum atomic E-state index is 0.681. The van der Waals surface area contributed by atoms with Crippen LogP contribution < -0.4 is 0 Å². The molecule has 0 aromatic carbocycles. The van der Waals surface area contributed by atoms with Crippen LogP contribution >= 0.6 is 0 Å². The van der Waals surface area contributed by atoms with Gasteiger partial charge < -0.3 is 13.8 Å². The normalized spacial score (nSPS) is 8.73. The van der Waals surface area contributed by atoms with Crippen LogP contribution in [0.3, 0.4) is 0 Å². The smallest absolute Gasteiger partial charge is 0.350 e. The summed E-state index contributed by atoms with van der Waals surface area (Å²) in [5, 5.41) is 0. The predicted octanol–water partition coefficient (Wildman–Crippen LogP) is 3.15. The molecule has 0 rings (SSSR count). The summed E-state index contributed by atoms with van der Waals surface area (Å²) in [6.07, 6.45) is 1.13. The third kappa shape index (κ3) is 41.3. The maximum Gasteiger partial charge on any atom is 0.350 e. The van der Waals surface area contributed by atoms with E-state index in [1.54, 1.807) is 0 Å². The van der Waals surface area contributed by atoms with E-state index in [0.29, 0.717) is 5.92 Å². The molecule has 0 aromatic heterocycles. The van der Waals surface area contributed by atoms with Crippen molar-refractivity contribution < 1.29 is 13.8 Å². The number of rotatable bonds is 6. The fraction of sp³-hybridized carbons (Fsp3) is 1.00. The zero-order valence-corrected chi connectivity index (χ0v) is 10.9. The van der Waals surface area contributed by atoms with Gasteiger partial charge in [0.2, 0.25) is 0 Å². The second kappa shape index (κ2) is 23.6. The van der Waals surface area contributed by atoms with Crippen LogP contribution in [-0.4, -0.2) is 34.6 Å². The summed E-state index contributed by atoms with van der Waals surface area (Å²) >= 11 is 0. The van der Waals surface area contributed by atoms with Crippen molar-refractivity contribution in [2.75, 3.05) is 26.4 Å². The summed E-state index contributed by atoms with van der Waals surface area (Å²) in [5.41, 5.74) is 0. The van der Waals surface area contributed by atoms with E-state index in [0.717, 1.165) is 32.8 Å². The molecule has 2 nitrogen and oxygen atoms in total. The molecule has 92 valence electrons. The average Bonchev–Trinajstić information content (AvgIpc) is 2.27. The maximum atomic E-state index is 9.00. The molecular weight excluding hydrogens is 194 g/mol. The second-order valence-corrected chi connectivity index (χ2v) is 3.25. The first-order valence-corrected chi connectivity index (χ1v) is 5.56. The Morgan fingerprint density at radius 2 is 1.47 bits per heavy atom. The van der Waals surface area contributed by atoms with Crippen molar-refractivity contribution in [1.29, 1.82) is 0 Å². The van der Waals surface area contributed by atoms with Crippen molar-refractivity contribution in [3.05, 3.63) is 0 Å². The van der Waals surface area contributed by atoms with E-state index >= 15 is 0 Å². The van der Waals surface area contributed by atoms with Crippen molar-refractivity contribution in [3.8, 4) is 0 Å². The van der Waals surface area contributed by atoms with Gasteiger partial charge >= 0.3 is 8.12 Å². The van der Waals surface area contributed by atoms with Gasteiger partial charge in [-0.25, -0.2) is 0 Å². The quantitative estimate of drug-likeness (QED) is 0.505. The summed E-state index contributed by atoms with van der Waals surface area (Å²) in [7, 11) is 3.00. The van der Waals surface area contributed by atoms with Crippen LogP contribution in [0.2, 0.25) is 0 Å². The average molecular weight is 220 g/mol. The Balaban J connectivity index is -0.000000166. The summed E-state index contributed by atoms with van der Waals surface area (Å²) in [6.45, 7) is 13.9. The van der Waals surface area contributed by atoms with Crippen LogP contribution in [0.5, 0.6) is 0 Å². The molecule has 0 unspecified atom stereocenters. The first-order chi connectivity index (χ1) is 7.18. The highest BCUT2D eigenvalue weighted by Gasteiger charge is 1.88. The number of ether oxygens (including phenoxy) is 2. The molecule has 0 spiro atoms. The Bertz CT molecular complexity index is 79.0. The topological polar surface area (TPSA) is 18.5 Å². The van der Waals surface area contributed by atoms with Gasteiger partial charge in [0.1, 0.15) is 0 Å². The zero-order valence-electron chi connectivity index (χ0n) is 10.9. The summed E-state index contributed by atoms with van der Waals surface area (Å²) in [5.74, 6) is 0.681. The summed E-state index contributed by atoms with van der Waals surface area (Å²) < 4.78 is 19.1. The zero-order chi connectivity index (χ0) is 12.5. The van der Waals surface area contributed by atoms with Crippen molar-refractivity contribution in [1.82, 2.24) is 0 Å². The Labute approximate surface area is 96.0 Å². The van der Waals surface area contributed by atoms with E-state index in [-0.39, 0.29) is 0 Å². The minimum absolute atomic E-state index is 0.681. The maximum absolute atomic E-state index is 9.00. The number of halogens is 1. The molecule has 0 aliphatic heterocycles. The highest BCUT2D eigenvalue weighted by Crippen LogP contribution is 1.90. The van der Waals surface area contributed by atoms with E-state index in [1.807, 2.05) is 13.8 Å². The third-order valence-electron chi connectivity index (χ3n) is 1.21. The lowest BCUT2D eigenvalue weighted by atomic mass is 10.2. The fourth-order valence-electron chi connectivity index (χ4n) is 0.642. The van der Waals surface area contributed by atoms with Gasteiger partial charge in [0.15, 0.2) is 0 Å². The third-order valence-corrected chi connectivity index (χ3v) is 1.21. The molecular formula is C11H26BFO2. The van der Waals surface area contributed by atoms with Crippen molar-refractivity contribution >= 4 is 8.12 Å². The van der Waals surface area contributed by atoms with Crippen LogP contribution in [0.4, 0.5) is 4.32 Å². The highest BCUT2D eigenvalue weighted by molar-refractivity contribution is 5.96. The van der Waals surface area contributed by atoms with Crippen molar-refractivity contribution in [3.63, 3.8) is 0 Å². The summed E-state index contributed by atoms with van der Waals surface area (Å²) in [6, 6.07) is 0. The van der Waals surface area contributed by atoms with Gasteiger partial charge in [-0.15, -0.1) is 0 Å². The fourth-order valence-corrected chi connectivity index (χ4v) is 0.642. The van der Waals surface area contributed by atoms with Crippen LogP contribution in [0.15, 0.2) is 0 Å². The standard InChI is InChI=1S/C6H14O.C5H12O.BF/c1-4-7-5-6(2)3;1-3-5-6-4-2;1-2/h6H,4-5H2,1-3H3;3-5H2,1-2H3;. The molecule has 0 aliphatic rings. The van der Waals surface area contributed by atoms with Crippen LogP contribution in [0.1, 0.15) is 41.0 Å².